The van der Waals surface area contributed by atoms with Crippen LogP contribution in [-0.2, 0) is 0 Å². The van der Waals surface area contributed by atoms with Crippen LogP contribution in [0.3, 0.4) is 0 Å². The zero-order chi connectivity index (χ0) is 48.2. The monoisotopic (exact) mass is 939 g/mol. The van der Waals surface area contributed by atoms with E-state index in [1.807, 2.05) is 12.1 Å². The van der Waals surface area contributed by atoms with Gasteiger partial charge in [-0.15, -0.1) is 0 Å². The van der Waals surface area contributed by atoms with Crippen LogP contribution in [0, 0.1) is 20.8 Å². The summed E-state index contributed by atoms with van der Waals surface area (Å²) in [6.07, 6.45) is 0. The molecule has 0 saturated carbocycles. The normalized spacial score (nSPS) is 12.3. The van der Waals surface area contributed by atoms with Crippen LogP contribution in [-0.4, -0.2) is 32.9 Å². The Morgan fingerprint density at radius 2 is 0.767 bits per heavy atom. The fourth-order valence-electron chi connectivity index (χ4n) is 11.9. The second-order valence-electron chi connectivity index (χ2n) is 19.5. The van der Waals surface area contributed by atoms with Crippen LogP contribution in [0.5, 0.6) is 0 Å². The molecule has 16 aromatic rings. The van der Waals surface area contributed by atoms with E-state index in [-0.39, 0.29) is 0 Å². The topological polar surface area (TPSA) is 83.6 Å². The van der Waals surface area contributed by atoms with Gasteiger partial charge in [0.15, 0.2) is 0 Å². The minimum absolute atomic E-state index is 0.817. The Morgan fingerprint density at radius 1 is 0.342 bits per heavy atom. The number of hydrogen-bond acceptors (Lipinski definition) is 5. The van der Waals surface area contributed by atoms with E-state index in [0.717, 1.165) is 145 Å². The molecule has 0 bridgehead atoms. The van der Waals surface area contributed by atoms with Gasteiger partial charge in [-0.25, -0.2) is 15.0 Å². The lowest BCUT2D eigenvalue weighted by atomic mass is 9.93. The highest BCUT2D eigenvalue weighted by Gasteiger charge is 2.22. The van der Waals surface area contributed by atoms with Gasteiger partial charge >= 0.3 is 0 Å². The van der Waals surface area contributed by atoms with Crippen molar-refractivity contribution in [2.75, 3.05) is 0 Å². The highest BCUT2D eigenvalue weighted by molar-refractivity contribution is 6.09. The Hall–Kier alpha value is -9.73. The highest BCUT2D eigenvalue weighted by atomic mass is 16.3. The smallest absolute Gasteiger partial charge is 0.220 e. The number of imidazole rings is 4. The maximum atomic E-state index is 6.57. The van der Waals surface area contributed by atoms with Crippen molar-refractivity contribution in [1.82, 2.24) is 32.9 Å². The van der Waals surface area contributed by atoms with Crippen molar-refractivity contribution in [3.05, 3.63) is 211 Å². The molecule has 0 aliphatic heterocycles. The third-order valence-electron chi connectivity index (χ3n) is 15.0. The molecule has 0 fully saturated rings. The maximum absolute atomic E-state index is 6.57. The SMILES string of the molecule is Cc1cc(C)c(-c2cc(-c3ccc4oc5ccc(-n6c7ccccc7n7c8ccccc8nc67)cc5c4c3)cc(-c3ccc4oc5ccc(-n6c7ccccc7n7c8ccccc8nc67)cc5c4c3)n2)c(C)c1. The maximum Gasteiger partial charge on any atom is 0.220 e. The van der Waals surface area contributed by atoms with Crippen molar-refractivity contribution in [2.24, 2.45) is 0 Å². The zero-order valence-electron chi connectivity index (χ0n) is 39.9. The first-order chi connectivity index (χ1) is 35.9. The summed E-state index contributed by atoms with van der Waals surface area (Å²) < 4.78 is 22.1. The molecule has 16 rings (SSSR count). The van der Waals surface area contributed by atoms with Gasteiger partial charge in [0.2, 0.25) is 11.6 Å². The number of benzene rings is 9. The molecule has 7 aromatic heterocycles. The molecule has 7 heterocycles. The van der Waals surface area contributed by atoms with Crippen LogP contribution in [0.2, 0.25) is 0 Å². The fourth-order valence-corrected chi connectivity index (χ4v) is 11.9. The van der Waals surface area contributed by atoms with Crippen molar-refractivity contribution in [3.63, 3.8) is 0 Å². The lowest BCUT2D eigenvalue weighted by Crippen LogP contribution is -1.96. The first-order valence-electron chi connectivity index (χ1n) is 24.7. The summed E-state index contributed by atoms with van der Waals surface area (Å²) in [4.78, 5) is 15.8. The van der Waals surface area contributed by atoms with Crippen molar-refractivity contribution < 1.29 is 8.83 Å². The summed E-state index contributed by atoms with van der Waals surface area (Å²) in [7, 11) is 0. The second-order valence-corrected chi connectivity index (χ2v) is 19.5. The predicted octanol–water partition coefficient (Wildman–Crippen LogP) is 16.3. The number of rotatable bonds is 5. The molecule has 73 heavy (non-hydrogen) atoms. The molecule has 9 nitrogen and oxygen atoms in total. The number of fused-ring (bicyclic) bond motifs is 16. The van der Waals surface area contributed by atoms with Crippen molar-refractivity contribution in [1.29, 1.82) is 0 Å². The van der Waals surface area contributed by atoms with Gasteiger partial charge in [-0.3, -0.25) is 17.9 Å². The van der Waals surface area contributed by atoms with E-state index in [0.29, 0.717) is 0 Å². The molecular weight excluding hydrogens is 899 g/mol. The highest BCUT2D eigenvalue weighted by Crippen LogP contribution is 2.41. The number of hydrogen-bond donors (Lipinski definition) is 0. The standard InChI is InChI=1S/C64H41N7O2/c1-36-28-37(2)62(38(3)29-36)51-33-41(39-20-24-58-44(30-39)46-34-42(22-26-60(46)72-58)68-54-16-8-10-18-56(54)70-52-14-6-4-12-48(52)66-63(68)70)32-50(65-51)40-21-25-59-45(31-40)47-35-43(23-27-61(47)73-59)69-55-17-9-11-19-57(55)71-53-15-7-5-13-49(53)67-64(69)71/h4-35H,1-3H3. The molecule has 0 amide bonds. The lowest BCUT2D eigenvalue weighted by molar-refractivity contribution is 0.668. The molecule has 0 radical (unpaired) electrons. The molecule has 344 valence electrons. The van der Waals surface area contributed by atoms with Crippen molar-refractivity contribution in [2.45, 2.75) is 20.8 Å². The van der Waals surface area contributed by atoms with E-state index in [1.165, 1.54) is 16.7 Å². The predicted molar refractivity (Wildman–Crippen MR) is 295 cm³/mol. The minimum atomic E-state index is 0.817. The molecule has 0 saturated heterocycles. The molecule has 9 heteroatoms. The average Bonchev–Trinajstić information content (AvgIpc) is 4.26. The van der Waals surface area contributed by atoms with E-state index in [1.54, 1.807) is 0 Å². The van der Waals surface area contributed by atoms with Gasteiger partial charge in [0.1, 0.15) is 22.3 Å². The zero-order valence-corrected chi connectivity index (χ0v) is 39.9. The van der Waals surface area contributed by atoms with Crippen LogP contribution in [0.1, 0.15) is 16.7 Å². The quantitative estimate of drug-likeness (QED) is 0.172. The summed E-state index contributed by atoms with van der Waals surface area (Å²) in [5, 5.41) is 4.11. The Labute approximate surface area is 416 Å². The summed E-state index contributed by atoms with van der Waals surface area (Å²) in [5.74, 6) is 1.74. The van der Waals surface area contributed by atoms with Crippen LogP contribution >= 0.6 is 0 Å². The molecule has 0 unspecified atom stereocenters. The number of para-hydroxylation sites is 8. The Kier molecular flexibility index (Phi) is 8.04. The van der Waals surface area contributed by atoms with E-state index in [4.69, 9.17) is 23.8 Å². The molecule has 0 aliphatic carbocycles. The number of nitrogens with zero attached hydrogens (tertiary/aromatic N) is 7. The molecule has 0 spiro atoms. The molecule has 0 aliphatic rings. The van der Waals surface area contributed by atoms with Crippen molar-refractivity contribution >= 4 is 99.6 Å². The van der Waals surface area contributed by atoms with Crippen LogP contribution in [0.25, 0.3) is 145 Å². The fraction of sp³-hybridized carbons (Fsp3) is 0.0469. The first kappa shape index (κ1) is 40.0. The number of aromatic nitrogens is 7. The van der Waals surface area contributed by atoms with E-state index < -0.39 is 0 Å². The largest absolute Gasteiger partial charge is 0.456 e. The molecule has 0 N–H and O–H groups in total. The van der Waals surface area contributed by atoms with Gasteiger partial charge in [-0.2, -0.15) is 0 Å². The summed E-state index contributed by atoms with van der Waals surface area (Å²) in [6.45, 7) is 6.53. The lowest BCUT2D eigenvalue weighted by Gasteiger charge is -2.15. The van der Waals surface area contributed by atoms with Gasteiger partial charge in [-0.1, -0.05) is 72.3 Å². The van der Waals surface area contributed by atoms with Crippen molar-refractivity contribution in [3.8, 4) is 45.0 Å². The number of aryl methyl sites for hydroxylation is 3. The van der Waals surface area contributed by atoms with Gasteiger partial charge in [0, 0.05) is 32.7 Å². The molecular formula is C64H41N7O2. The summed E-state index contributed by atoms with van der Waals surface area (Å²) in [6, 6.07) is 68.6. The van der Waals surface area contributed by atoms with Gasteiger partial charge in [0.05, 0.1) is 66.9 Å². The van der Waals surface area contributed by atoms with Crippen LogP contribution in [0.4, 0.5) is 0 Å². The van der Waals surface area contributed by atoms with E-state index in [2.05, 4.69) is 221 Å². The average molecular weight is 940 g/mol. The van der Waals surface area contributed by atoms with Gasteiger partial charge in [0.25, 0.3) is 0 Å². The summed E-state index contributed by atoms with van der Waals surface area (Å²) in [5.41, 5.74) is 23.4. The number of furan rings is 2. The third kappa shape index (κ3) is 5.75. The molecule has 9 aromatic carbocycles. The van der Waals surface area contributed by atoms with Crippen LogP contribution in [0.15, 0.2) is 203 Å². The first-order valence-corrected chi connectivity index (χ1v) is 24.7. The van der Waals surface area contributed by atoms with Gasteiger partial charge in [-0.05, 0) is 170 Å². The second kappa shape index (κ2) is 14.7. The third-order valence-corrected chi connectivity index (χ3v) is 15.0. The number of pyridine rings is 1. The Bertz CT molecular complexity index is 4730. The van der Waals surface area contributed by atoms with E-state index in [9.17, 15) is 0 Å². The minimum Gasteiger partial charge on any atom is -0.456 e. The Balaban J connectivity index is 0.867. The van der Waals surface area contributed by atoms with Gasteiger partial charge < -0.3 is 8.83 Å². The Morgan fingerprint density at radius 3 is 1.30 bits per heavy atom. The molecule has 0 atom stereocenters. The summed E-state index contributed by atoms with van der Waals surface area (Å²) >= 11 is 0. The van der Waals surface area contributed by atoms with E-state index >= 15 is 0 Å². The van der Waals surface area contributed by atoms with Crippen LogP contribution < -0.4 is 0 Å².